The van der Waals surface area contributed by atoms with Crippen molar-refractivity contribution in [2.45, 2.75) is 17.1 Å². The number of phenols is 1. The van der Waals surface area contributed by atoms with Gasteiger partial charge in [0.15, 0.2) is 0 Å². The molecule has 0 spiro atoms. The van der Waals surface area contributed by atoms with Crippen molar-refractivity contribution in [1.82, 2.24) is 0 Å². The Bertz CT molecular complexity index is 692. The van der Waals surface area contributed by atoms with Gasteiger partial charge in [-0.15, -0.1) is 11.8 Å². The molecule has 0 aromatic heterocycles. The number of carbonyl (C=O) groups is 1. The van der Waals surface area contributed by atoms with E-state index >= 15 is 0 Å². The second-order valence-corrected chi connectivity index (χ2v) is 7.13. The quantitative estimate of drug-likeness (QED) is 0.549. The Kier molecular flexibility index (Phi) is 5.87. The molecule has 0 saturated heterocycles. The van der Waals surface area contributed by atoms with Crippen molar-refractivity contribution in [3.8, 4) is 5.75 Å². The van der Waals surface area contributed by atoms with E-state index in [9.17, 15) is 9.90 Å². The van der Waals surface area contributed by atoms with Gasteiger partial charge in [0.1, 0.15) is 5.75 Å². The Morgan fingerprint density at radius 1 is 1.09 bits per heavy atom. The number of nitrogens with one attached hydrogen (secondary N) is 1. The molecule has 2 aromatic rings. The van der Waals surface area contributed by atoms with Crippen LogP contribution in [0.4, 0.5) is 5.69 Å². The van der Waals surface area contributed by atoms with E-state index < -0.39 is 0 Å². The van der Waals surface area contributed by atoms with Crippen LogP contribution in [0.2, 0.25) is 15.1 Å². The first-order chi connectivity index (χ1) is 10.4. The smallest absolute Gasteiger partial charge is 0.237 e. The molecule has 0 bridgehead atoms. The summed E-state index contributed by atoms with van der Waals surface area (Å²) in [6.07, 6.45) is 0. The van der Waals surface area contributed by atoms with Crippen molar-refractivity contribution in [2.24, 2.45) is 0 Å². The Balaban J connectivity index is 2.05. The third-order valence-corrected chi connectivity index (χ3v) is 4.93. The zero-order chi connectivity index (χ0) is 16.3. The van der Waals surface area contributed by atoms with E-state index in [1.165, 1.54) is 23.9 Å². The molecule has 2 N–H and O–H groups in total. The van der Waals surface area contributed by atoms with Crippen LogP contribution in [-0.4, -0.2) is 16.3 Å². The molecule has 116 valence electrons. The number of aromatic hydroxyl groups is 1. The molecule has 1 amide bonds. The summed E-state index contributed by atoms with van der Waals surface area (Å²) in [4.78, 5) is 13.1. The lowest BCUT2D eigenvalue weighted by Gasteiger charge is -2.13. The number of halogens is 3. The highest BCUT2D eigenvalue weighted by molar-refractivity contribution is 8.00. The molecule has 22 heavy (non-hydrogen) atoms. The van der Waals surface area contributed by atoms with Crippen molar-refractivity contribution in [2.75, 3.05) is 5.32 Å². The summed E-state index contributed by atoms with van der Waals surface area (Å²) < 4.78 is 0. The summed E-state index contributed by atoms with van der Waals surface area (Å²) in [6.45, 7) is 1.78. The van der Waals surface area contributed by atoms with Gasteiger partial charge < -0.3 is 10.4 Å². The van der Waals surface area contributed by atoms with E-state index in [2.05, 4.69) is 5.32 Å². The second-order valence-electron chi connectivity index (χ2n) is 4.49. The molecule has 2 rings (SSSR count). The fraction of sp³-hybridized carbons (Fsp3) is 0.133. The summed E-state index contributed by atoms with van der Waals surface area (Å²) in [5.74, 6) is -0.0255. The maximum absolute atomic E-state index is 12.2. The Hall–Kier alpha value is -1.07. The number of phenolic OH excluding ortho intramolecular Hbond substituents is 1. The third kappa shape index (κ3) is 4.46. The van der Waals surface area contributed by atoms with Gasteiger partial charge in [-0.05, 0) is 43.3 Å². The zero-order valence-electron chi connectivity index (χ0n) is 11.4. The van der Waals surface area contributed by atoms with Crippen LogP contribution in [0.1, 0.15) is 6.92 Å². The topological polar surface area (TPSA) is 49.3 Å². The fourth-order valence-corrected chi connectivity index (χ4v) is 3.10. The monoisotopic (exact) mass is 375 g/mol. The Morgan fingerprint density at radius 3 is 2.32 bits per heavy atom. The summed E-state index contributed by atoms with van der Waals surface area (Å²) in [6, 6.07) is 9.64. The lowest BCUT2D eigenvalue weighted by atomic mass is 10.3. The van der Waals surface area contributed by atoms with Crippen LogP contribution in [0, 0.1) is 0 Å². The largest absolute Gasteiger partial charge is 0.508 e. The minimum atomic E-state index is -0.352. The summed E-state index contributed by atoms with van der Waals surface area (Å²) in [7, 11) is 0. The van der Waals surface area contributed by atoms with Crippen molar-refractivity contribution in [3.05, 3.63) is 51.5 Å². The zero-order valence-corrected chi connectivity index (χ0v) is 14.5. The minimum absolute atomic E-state index is 0.184. The molecule has 1 atom stereocenters. The van der Waals surface area contributed by atoms with Gasteiger partial charge in [0.25, 0.3) is 0 Å². The molecular formula is C15H12Cl3NO2S. The molecule has 0 aliphatic rings. The van der Waals surface area contributed by atoms with Gasteiger partial charge in [-0.3, -0.25) is 4.79 Å². The number of rotatable bonds is 4. The fourth-order valence-electron chi connectivity index (χ4n) is 1.64. The van der Waals surface area contributed by atoms with E-state index in [-0.39, 0.29) is 16.9 Å². The van der Waals surface area contributed by atoms with Crippen LogP contribution in [0.3, 0.4) is 0 Å². The maximum atomic E-state index is 12.2. The van der Waals surface area contributed by atoms with Gasteiger partial charge in [-0.1, -0.05) is 34.8 Å². The molecule has 0 aliphatic carbocycles. The molecule has 0 heterocycles. The highest BCUT2D eigenvalue weighted by Crippen LogP contribution is 2.33. The number of anilines is 1. The van der Waals surface area contributed by atoms with Crippen molar-refractivity contribution >= 4 is 58.2 Å². The molecule has 7 heteroatoms. The average Bonchev–Trinajstić information content (AvgIpc) is 2.47. The first kappa shape index (κ1) is 17.3. The number of benzene rings is 2. The number of amides is 1. The molecule has 2 aromatic carbocycles. The number of thioether (sulfide) groups is 1. The molecular weight excluding hydrogens is 365 g/mol. The summed E-state index contributed by atoms with van der Waals surface area (Å²) in [5.41, 5.74) is 0.416. The molecule has 0 aliphatic heterocycles. The molecule has 0 fully saturated rings. The average molecular weight is 377 g/mol. The second kappa shape index (κ2) is 7.47. The molecule has 3 nitrogen and oxygen atoms in total. The van der Waals surface area contributed by atoms with Gasteiger partial charge in [0.05, 0.1) is 26.0 Å². The normalized spacial score (nSPS) is 12.0. The van der Waals surface area contributed by atoms with E-state index in [1.807, 2.05) is 0 Å². The minimum Gasteiger partial charge on any atom is -0.508 e. The van der Waals surface area contributed by atoms with Crippen LogP contribution in [0.15, 0.2) is 41.3 Å². The van der Waals surface area contributed by atoms with Crippen LogP contribution in [0.25, 0.3) is 0 Å². The maximum Gasteiger partial charge on any atom is 0.237 e. The van der Waals surface area contributed by atoms with E-state index in [0.717, 1.165) is 4.90 Å². The number of hydrogen-bond acceptors (Lipinski definition) is 3. The van der Waals surface area contributed by atoms with E-state index in [0.29, 0.717) is 20.8 Å². The van der Waals surface area contributed by atoms with Gasteiger partial charge in [-0.2, -0.15) is 0 Å². The van der Waals surface area contributed by atoms with Gasteiger partial charge in [-0.25, -0.2) is 0 Å². The number of hydrogen-bond donors (Lipinski definition) is 2. The highest BCUT2D eigenvalue weighted by Gasteiger charge is 2.16. The predicted molar refractivity (Wildman–Crippen MR) is 93.5 cm³/mol. The summed E-state index contributed by atoms with van der Waals surface area (Å²) >= 11 is 19.2. The van der Waals surface area contributed by atoms with Crippen molar-refractivity contribution in [3.63, 3.8) is 0 Å². The SMILES string of the molecule is CC(Sc1ccc(O)cc1)C(=O)Nc1cc(Cl)c(Cl)cc1Cl. The molecule has 0 saturated carbocycles. The van der Waals surface area contributed by atoms with Crippen LogP contribution in [-0.2, 0) is 4.79 Å². The van der Waals surface area contributed by atoms with Gasteiger partial charge in [0.2, 0.25) is 5.91 Å². The standard InChI is InChI=1S/C15H12Cl3NO2S/c1-8(22-10-4-2-9(20)3-5-10)15(21)19-14-7-12(17)11(16)6-13(14)18/h2-8,20H,1H3,(H,19,21). The summed E-state index contributed by atoms with van der Waals surface area (Å²) in [5, 5.41) is 12.6. The first-order valence-electron chi connectivity index (χ1n) is 6.28. The van der Waals surface area contributed by atoms with Gasteiger partial charge >= 0.3 is 0 Å². The van der Waals surface area contributed by atoms with Gasteiger partial charge in [0, 0.05) is 4.90 Å². The molecule has 1 unspecified atom stereocenters. The highest BCUT2D eigenvalue weighted by atomic mass is 35.5. The first-order valence-corrected chi connectivity index (χ1v) is 8.29. The Morgan fingerprint density at radius 2 is 1.68 bits per heavy atom. The van der Waals surface area contributed by atoms with Crippen LogP contribution >= 0.6 is 46.6 Å². The Labute approximate surface area is 147 Å². The van der Waals surface area contributed by atoms with Crippen molar-refractivity contribution < 1.29 is 9.90 Å². The third-order valence-electron chi connectivity index (χ3n) is 2.79. The predicted octanol–water partition coefficient (Wildman–Crippen LogP) is 5.47. The lowest BCUT2D eigenvalue weighted by Crippen LogP contribution is -2.22. The number of carbonyl (C=O) groups excluding carboxylic acids is 1. The molecule has 0 radical (unpaired) electrons. The van der Waals surface area contributed by atoms with Crippen LogP contribution < -0.4 is 5.32 Å². The lowest BCUT2D eigenvalue weighted by molar-refractivity contribution is -0.115. The van der Waals surface area contributed by atoms with Crippen molar-refractivity contribution in [1.29, 1.82) is 0 Å². The van der Waals surface area contributed by atoms with E-state index in [4.69, 9.17) is 34.8 Å². The van der Waals surface area contributed by atoms with E-state index in [1.54, 1.807) is 31.2 Å². The van der Waals surface area contributed by atoms with Crippen LogP contribution in [0.5, 0.6) is 5.75 Å².